The summed E-state index contributed by atoms with van der Waals surface area (Å²) in [6, 6.07) is 6.13. The van der Waals surface area contributed by atoms with Gasteiger partial charge in [-0.1, -0.05) is 0 Å². The van der Waals surface area contributed by atoms with Gasteiger partial charge in [0, 0.05) is 12.5 Å². The van der Waals surface area contributed by atoms with Crippen molar-refractivity contribution in [3.05, 3.63) is 41.0 Å². The molecule has 0 saturated heterocycles. The Morgan fingerprint density at radius 2 is 1.78 bits per heavy atom. The molecule has 0 spiro atoms. The van der Waals surface area contributed by atoms with Crippen LogP contribution in [0.3, 0.4) is 0 Å². The molecule has 0 aliphatic rings. The minimum Gasteiger partial charge on any atom is -0.507 e. The number of ether oxygens (including phenoxy) is 3. The molecule has 23 heavy (non-hydrogen) atoms. The zero-order valence-corrected chi connectivity index (χ0v) is 13.2. The summed E-state index contributed by atoms with van der Waals surface area (Å²) in [6.45, 7) is 2.14. The number of aryl methyl sites for hydroxylation is 1. The highest BCUT2D eigenvalue weighted by molar-refractivity contribution is 6.03. The molecule has 0 unspecified atom stereocenters. The first-order chi connectivity index (χ1) is 11.0. The maximum absolute atomic E-state index is 12.1. The van der Waals surface area contributed by atoms with Crippen LogP contribution in [0.15, 0.2) is 24.3 Å². The zero-order chi connectivity index (χ0) is 17.0. The number of hydrogen-bond acceptors (Lipinski definition) is 6. The van der Waals surface area contributed by atoms with E-state index in [1.54, 1.807) is 25.1 Å². The second kappa shape index (κ2) is 7.11. The van der Waals surface area contributed by atoms with Gasteiger partial charge >= 0.3 is 11.9 Å². The molecule has 1 N–H and O–H groups in total. The molecule has 6 nitrogen and oxygen atoms in total. The molecule has 0 bridgehead atoms. The molecule has 0 fully saturated rings. The average Bonchev–Trinajstić information content (AvgIpc) is 2.57. The fraction of sp³-hybridized carbons (Fsp3) is 0.294. The Bertz CT molecular complexity index is 750. The third-order valence-electron chi connectivity index (χ3n) is 3.55. The third-order valence-corrected chi connectivity index (χ3v) is 3.55. The van der Waals surface area contributed by atoms with Crippen LogP contribution in [0.5, 0.6) is 5.75 Å². The van der Waals surface area contributed by atoms with Crippen LogP contribution in [0.2, 0.25) is 0 Å². The first-order valence-corrected chi connectivity index (χ1v) is 7.00. The van der Waals surface area contributed by atoms with Gasteiger partial charge < -0.3 is 19.3 Å². The quantitative estimate of drug-likeness (QED) is 0.673. The Kier molecular flexibility index (Phi) is 5.18. The van der Waals surface area contributed by atoms with Crippen molar-refractivity contribution < 1.29 is 28.9 Å². The van der Waals surface area contributed by atoms with Crippen LogP contribution >= 0.6 is 0 Å². The van der Waals surface area contributed by atoms with Crippen molar-refractivity contribution in [3.8, 4) is 5.75 Å². The minimum atomic E-state index is -0.555. The summed E-state index contributed by atoms with van der Waals surface area (Å²) in [5, 5.41) is 11.3. The normalized spacial score (nSPS) is 10.6. The fourth-order valence-corrected chi connectivity index (χ4v) is 2.30. The highest BCUT2D eigenvalue weighted by Crippen LogP contribution is 2.31. The van der Waals surface area contributed by atoms with Gasteiger partial charge in [0.15, 0.2) is 0 Å². The van der Waals surface area contributed by atoms with Crippen LogP contribution in [0.1, 0.15) is 26.3 Å². The minimum absolute atomic E-state index is 0.0549. The van der Waals surface area contributed by atoms with E-state index in [0.717, 1.165) is 0 Å². The van der Waals surface area contributed by atoms with E-state index >= 15 is 0 Å². The number of carbonyl (C=O) groups excluding carboxylic acids is 2. The van der Waals surface area contributed by atoms with E-state index in [2.05, 4.69) is 0 Å². The van der Waals surface area contributed by atoms with Gasteiger partial charge in [-0.3, -0.25) is 0 Å². The molecule has 0 aliphatic heterocycles. The average molecular weight is 318 g/mol. The second-order valence-electron chi connectivity index (χ2n) is 4.95. The Morgan fingerprint density at radius 1 is 1.04 bits per heavy atom. The maximum atomic E-state index is 12.1. The molecule has 0 heterocycles. The highest BCUT2D eigenvalue weighted by Gasteiger charge is 2.17. The van der Waals surface area contributed by atoms with Gasteiger partial charge in [-0.25, -0.2) is 9.59 Å². The van der Waals surface area contributed by atoms with E-state index in [4.69, 9.17) is 14.2 Å². The van der Waals surface area contributed by atoms with Crippen molar-refractivity contribution in [1.29, 1.82) is 0 Å². The molecule has 6 heteroatoms. The van der Waals surface area contributed by atoms with Crippen molar-refractivity contribution in [1.82, 2.24) is 0 Å². The summed E-state index contributed by atoms with van der Waals surface area (Å²) in [5.41, 5.74) is 1.20. The molecule has 0 atom stereocenters. The number of methoxy groups -OCH3 is 2. The molecular formula is C17H18O6. The molecule has 122 valence electrons. The Labute approximate surface area is 133 Å². The highest BCUT2D eigenvalue weighted by atomic mass is 16.6. The second-order valence-corrected chi connectivity index (χ2v) is 4.95. The summed E-state index contributed by atoms with van der Waals surface area (Å²) >= 11 is 0. The predicted molar refractivity (Wildman–Crippen MR) is 83.8 cm³/mol. The lowest BCUT2D eigenvalue weighted by Crippen LogP contribution is -2.11. The van der Waals surface area contributed by atoms with Crippen LogP contribution in [0.25, 0.3) is 10.8 Å². The van der Waals surface area contributed by atoms with Gasteiger partial charge in [-0.2, -0.15) is 0 Å². The number of fused-ring (bicyclic) bond motifs is 1. The van der Waals surface area contributed by atoms with Crippen molar-refractivity contribution in [2.75, 3.05) is 27.4 Å². The van der Waals surface area contributed by atoms with E-state index in [1.807, 2.05) is 0 Å². The van der Waals surface area contributed by atoms with Crippen molar-refractivity contribution in [2.24, 2.45) is 0 Å². The number of rotatable bonds is 5. The van der Waals surface area contributed by atoms with Gasteiger partial charge in [0.1, 0.15) is 12.4 Å². The zero-order valence-electron chi connectivity index (χ0n) is 13.2. The van der Waals surface area contributed by atoms with E-state index in [0.29, 0.717) is 21.9 Å². The lowest BCUT2D eigenvalue weighted by atomic mass is 9.97. The Morgan fingerprint density at radius 3 is 2.43 bits per heavy atom. The standard InChI is InChI=1S/C17H18O6/c1-10-13-8-11(16(19)22-3)4-5-12(13)15(18)9-14(10)17(20)23-7-6-21-2/h4-5,8-9,18H,6-7H2,1-3H3. The van der Waals surface area contributed by atoms with Crippen LogP contribution in [0, 0.1) is 6.92 Å². The largest absolute Gasteiger partial charge is 0.507 e. The Hall–Kier alpha value is -2.60. The van der Waals surface area contributed by atoms with Crippen LogP contribution in [-0.2, 0) is 14.2 Å². The van der Waals surface area contributed by atoms with Crippen molar-refractivity contribution in [2.45, 2.75) is 6.92 Å². The summed E-state index contributed by atoms with van der Waals surface area (Å²) in [5.74, 6) is -1.10. The number of phenolic OH excluding ortho intramolecular Hbond substituents is 1. The molecule has 0 aromatic heterocycles. The molecule has 2 aromatic rings. The molecule has 0 aliphatic carbocycles. The summed E-state index contributed by atoms with van der Waals surface area (Å²) in [4.78, 5) is 23.8. The molecular weight excluding hydrogens is 300 g/mol. The smallest absolute Gasteiger partial charge is 0.338 e. The summed E-state index contributed by atoms with van der Waals surface area (Å²) in [6.07, 6.45) is 0. The van der Waals surface area contributed by atoms with Gasteiger partial charge in [0.05, 0.1) is 24.8 Å². The van der Waals surface area contributed by atoms with Crippen LogP contribution in [-0.4, -0.2) is 44.5 Å². The molecule has 0 radical (unpaired) electrons. The fourth-order valence-electron chi connectivity index (χ4n) is 2.30. The molecule has 0 amide bonds. The SMILES string of the molecule is COCCOC(=O)c1cc(O)c2ccc(C(=O)OC)cc2c1C. The van der Waals surface area contributed by atoms with Gasteiger partial charge in [-0.05, 0) is 42.1 Å². The number of aromatic hydroxyl groups is 1. The molecule has 2 rings (SSSR count). The van der Waals surface area contributed by atoms with Gasteiger partial charge in [0.2, 0.25) is 0 Å². The van der Waals surface area contributed by atoms with E-state index in [1.165, 1.54) is 20.3 Å². The topological polar surface area (TPSA) is 82.1 Å². The third kappa shape index (κ3) is 3.43. The number of esters is 2. The predicted octanol–water partition coefficient (Wildman–Crippen LogP) is 2.44. The molecule has 2 aromatic carbocycles. The van der Waals surface area contributed by atoms with Crippen LogP contribution < -0.4 is 0 Å². The lowest BCUT2D eigenvalue weighted by Gasteiger charge is -2.12. The monoisotopic (exact) mass is 318 g/mol. The maximum Gasteiger partial charge on any atom is 0.338 e. The van der Waals surface area contributed by atoms with Gasteiger partial charge in [0.25, 0.3) is 0 Å². The van der Waals surface area contributed by atoms with Crippen molar-refractivity contribution >= 4 is 22.7 Å². The summed E-state index contributed by atoms with van der Waals surface area (Å²) in [7, 11) is 2.80. The van der Waals surface area contributed by atoms with Crippen molar-refractivity contribution in [3.63, 3.8) is 0 Å². The number of carbonyl (C=O) groups is 2. The lowest BCUT2D eigenvalue weighted by molar-refractivity contribution is 0.0387. The number of hydrogen-bond donors (Lipinski definition) is 1. The first kappa shape index (κ1) is 16.8. The number of benzene rings is 2. The van der Waals surface area contributed by atoms with E-state index in [-0.39, 0.29) is 24.5 Å². The molecule has 0 saturated carbocycles. The van der Waals surface area contributed by atoms with E-state index < -0.39 is 11.9 Å². The van der Waals surface area contributed by atoms with Gasteiger partial charge in [-0.15, -0.1) is 0 Å². The van der Waals surface area contributed by atoms with E-state index in [9.17, 15) is 14.7 Å². The number of phenols is 1. The first-order valence-electron chi connectivity index (χ1n) is 7.00. The summed E-state index contributed by atoms with van der Waals surface area (Å²) < 4.78 is 14.6. The van der Waals surface area contributed by atoms with Crippen LogP contribution in [0.4, 0.5) is 0 Å². The Balaban J connectivity index is 2.49.